The molecule has 0 spiro atoms. The highest BCUT2D eigenvalue weighted by Gasteiger charge is 2.21. The molecule has 334 valence electrons. The maximum Gasteiger partial charge on any atom is 0.194 e. The fraction of sp³-hybridized carbons (Fsp3) is 0. The predicted octanol–water partition coefficient (Wildman–Crippen LogP) is 17.1. The molecule has 72 heavy (non-hydrogen) atoms. The highest BCUT2D eigenvalue weighted by atomic mass is 15.0. The van der Waals surface area contributed by atoms with Crippen molar-refractivity contribution in [3.05, 3.63) is 260 Å². The molecule has 13 rings (SSSR count). The number of nitriles is 1. The molecule has 0 bridgehead atoms. The molecule has 6 nitrogen and oxygen atoms in total. The summed E-state index contributed by atoms with van der Waals surface area (Å²) in [5.41, 5.74) is 18.0. The summed E-state index contributed by atoms with van der Waals surface area (Å²) < 4.78 is 4.72. The van der Waals surface area contributed by atoms with Crippen molar-refractivity contribution in [1.29, 1.82) is 5.26 Å². The Labute approximate surface area is 416 Å². The second-order valence-corrected chi connectivity index (χ2v) is 17.9. The summed E-state index contributed by atoms with van der Waals surface area (Å²) in [6.07, 6.45) is 0. The molecule has 0 aliphatic carbocycles. The van der Waals surface area contributed by atoms with Gasteiger partial charge in [-0.05, 0) is 107 Å². The largest absolute Gasteiger partial charge is 0.309 e. The van der Waals surface area contributed by atoms with E-state index in [0.717, 1.165) is 116 Å². The van der Waals surface area contributed by atoms with Crippen LogP contribution >= 0.6 is 0 Å². The second kappa shape index (κ2) is 17.4. The highest BCUT2D eigenvalue weighted by molar-refractivity contribution is 6.12. The van der Waals surface area contributed by atoms with E-state index in [2.05, 4.69) is 178 Å². The van der Waals surface area contributed by atoms with Crippen molar-refractivity contribution in [3.8, 4) is 84.7 Å². The third-order valence-electron chi connectivity index (χ3n) is 13.8. The first-order valence-electron chi connectivity index (χ1n) is 23.9. The van der Waals surface area contributed by atoms with E-state index in [1.807, 2.05) is 84.9 Å². The van der Waals surface area contributed by atoms with Crippen molar-refractivity contribution >= 4 is 49.3 Å². The van der Waals surface area contributed by atoms with Crippen LogP contribution in [0.3, 0.4) is 0 Å². The molecular weight excluding hydrogens is 877 g/mol. The van der Waals surface area contributed by atoms with Gasteiger partial charge in [0.15, 0.2) is 11.5 Å². The van der Waals surface area contributed by atoms with Gasteiger partial charge in [0.2, 0.25) is 0 Å². The van der Waals surface area contributed by atoms with Crippen LogP contribution in [0.2, 0.25) is 0 Å². The smallest absolute Gasteiger partial charge is 0.194 e. The zero-order valence-electron chi connectivity index (χ0n) is 38.8. The van der Waals surface area contributed by atoms with Gasteiger partial charge in [-0.1, -0.05) is 164 Å². The van der Waals surface area contributed by atoms with E-state index >= 15 is 0 Å². The van der Waals surface area contributed by atoms with Crippen LogP contribution in [-0.4, -0.2) is 19.1 Å². The molecule has 0 N–H and O–H groups in total. The average molecular weight is 917 g/mol. The molecule has 0 unspecified atom stereocenters. The van der Waals surface area contributed by atoms with E-state index in [0.29, 0.717) is 17.1 Å². The van der Waals surface area contributed by atoms with Crippen LogP contribution in [0.4, 0.5) is 5.69 Å². The third-order valence-corrected chi connectivity index (χ3v) is 13.8. The summed E-state index contributed by atoms with van der Waals surface area (Å²) in [6.45, 7) is 7.89. The Morgan fingerprint density at radius 2 is 0.889 bits per heavy atom. The number of fused-ring (bicyclic) bond motifs is 6. The molecule has 0 aliphatic heterocycles. The molecule has 0 saturated carbocycles. The molecule has 0 radical (unpaired) electrons. The zero-order valence-corrected chi connectivity index (χ0v) is 38.8. The van der Waals surface area contributed by atoms with Gasteiger partial charge in [0, 0.05) is 49.5 Å². The first kappa shape index (κ1) is 42.0. The summed E-state index contributed by atoms with van der Waals surface area (Å²) in [4.78, 5) is 14.4. The standard InChI is InChI=1S/C66H40N6/c1-68-58-28-13-10-25-52(58)47-32-34-64-56(39-47)53-26-11-14-29-61(53)71(64)50-23-16-22-45(37-50)55-40-48(66-69-59(43-17-4-2-5-18-43)41-60(70-66)44-19-6-3-7-20-44)33-36-63(55)72-62-30-15-12-27-54(62)57-38-46(31-35-65(57)72)51-24-9-8-21-49(51)42-67/h2-41H. The Balaban J connectivity index is 1.05. The van der Waals surface area contributed by atoms with Crippen molar-refractivity contribution in [2.24, 2.45) is 0 Å². The minimum Gasteiger partial charge on any atom is -0.309 e. The van der Waals surface area contributed by atoms with Gasteiger partial charge >= 0.3 is 0 Å². The molecule has 0 aliphatic rings. The molecular formula is C66H40N6. The normalized spacial score (nSPS) is 11.3. The predicted molar refractivity (Wildman–Crippen MR) is 294 cm³/mol. The molecule has 0 amide bonds. The number of benzene rings is 10. The summed E-state index contributed by atoms with van der Waals surface area (Å²) >= 11 is 0. The fourth-order valence-electron chi connectivity index (χ4n) is 10.5. The molecule has 3 aromatic heterocycles. The van der Waals surface area contributed by atoms with Crippen LogP contribution in [0.5, 0.6) is 0 Å². The zero-order chi connectivity index (χ0) is 48.1. The third kappa shape index (κ3) is 7.10. The number of rotatable bonds is 8. The van der Waals surface area contributed by atoms with Crippen molar-refractivity contribution in [3.63, 3.8) is 0 Å². The summed E-state index contributed by atoms with van der Waals surface area (Å²) in [5, 5.41) is 14.5. The van der Waals surface area contributed by atoms with E-state index in [1.165, 1.54) is 0 Å². The number of aromatic nitrogens is 4. The monoisotopic (exact) mass is 916 g/mol. The summed E-state index contributed by atoms with van der Waals surface area (Å²) in [6, 6.07) is 86.3. The van der Waals surface area contributed by atoms with Crippen LogP contribution < -0.4 is 0 Å². The van der Waals surface area contributed by atoms with Crippen LogP contribution in [0.25, 0.3) is 127 Å². The molecule has 6 heteroatoms. The average Bonchev–Trinajstić information content (AvgIpc) is 3.97. The van der Waals surface area contributed by atoms with Crippen LogP contribution in [-0.2, 0) is 0 Å². The lowest BCUT2D eigenvalue weighted by Crippen LogP contribution is -2.01. The van der Waals surface area contributed by atoms with Crippen molar-refractivity contribution < 1.29 is 0 Å². The number of hydrogen-bond acceptors (Lipinski definition) is 3. The minimum absolute atomic E-state index is 0.625. The first-order chi connectivity index (χ1) is 35.6. The SMILES string of the molecule is [C-]#[N+]c1ccccc1-c1ccc2c(c1)c1ccccc1n2-c1cccc(-c2cc(-c3nc(-c4ccccc4)cc(-c4ccccc4)n3)ccc2-n2c3ccccc3c3cc(-c4ccccc4C#N)ccc32)c1. The molecule has 13 aromatic rings. The van der Waals surface area contributed by atoms with Gasteiger partial charge in [0.05, 0.1) is 57.3 Å². The van der Waals surface area contributed by atoms with Crippen molar-refractivity contribution in [2.45, 2.75) is 0 Å². The van der Waals surface area contributed by atoms with Gasteiger partial charge in [-0.2, -0.15) is 5.26 Å². The lowest BCUT2D eigenvalue weighted by atomic mass is 9.98. The maximum atomic E-state index is 10.1. The van der Waals surface area contributed by atoms with E-state index in [-0.39, 0.29) is 0 Å². The topological polar surface area (TPSA) is 63.8 Å². The van der Waals surface area contributed by atoms with Crippen molar-refractivity contribution in [1.82, 2.24) is 19.1 Å². The van der Waals surface area contributed by atoms with Gasteiger partial charge in [0.1, 0.15) is 0 Å². The molecule has 0 saturated heterocycles. The Morgan fingerprint density at radius 3 is 1.56 bits per heavy atom. The number of hydrogen-bond donors (Lipinski definition) is 0. The van der Waals surface area contributed by atoms with Crippen LogP contribution in [0, 0.1) is 17.9 Å². The summed E-state index contributed by atoms with van der Waals surface area (Å²) in [7, 11) is 0. The van der Waals surface area contributed by atoms with E-state index < -0.39 is 0 Å². The van der Waals surface area contributed by atoms with E-state index in [1.54, 1.807) is 0 Å². The van der Waals surface area contributed by atoms with Gasteiger partial charge in [-0.25, -0.2) is 14.8 Å². The highest BCUT2D eigenvalue weighted by Crippen LogP contribution is 2.42. The molecule has 0 fully saturated rings. The van der Waals surface area contributed by atoms with E-state index in [9.17, 15) is 5.26 Å². The van der Waals surface area contributed by atoms with Gasteiger partial charge in [0.25, 0.3) is 0 Å². The van der Waals surface area contributed by atoms with Crippen LogP contribution in [0.15, 0.2) is 243 Å². The first-order valence-corrected chi connectivity index (χ1v) is 23.9. The lowest BCUT2D eigenvalue weighted by Gasteiger charge is -2.18. The van der Waals surface area contributed by atoms with Crippen molar-refractivity contribution in [2.75, 3.05) is 0 Å². The number of para-hydroxylation sites is 3. The molecule has 0 atom stereocenters. The molecule has 10 aromatic carbocycles. The minimum atomic E-state index is 0.625. The Bertz CT molecular complexity index is 4300. The van der Waals surface area contributed by atoms with Gasteiger partial charge < -0.3 is 9.13 Å². The second-order valence-electron chi connectivity index (χ2n) is 17.9. The van der Waals surface area contributed by atoms with E-state index in [4.69, 9.17) is 16.5 Å². The fourth-order valence-corrected chi connectivity index (χ4v) is 10.5. The quantitative estimate of drug-likeness (QED) is 0.143. The Hall–Kier alpha value is -10.1. The van der Waals surface area contributed by atoms with Gasteiger partial charge in [-0.3, -0.25) is 0 Å². The molecule has 3 heterocycles. The Kier molecular flexibility index (Phi) is 10.2. The maximum absolute atomic E-state index is 10.1. The number of nitrogens with zero attached hydrogens (tertiary/aromatic N) is 6. The Morgan fingerprint density at radius 1 is 0.375 bits per heavy atom. The lowest BCUT2D eigenvalue weighted by molar-refractivity contribution is 1.16. The van der Waals surface area contributed by atoms with Gasteiger partial charge in [-0.15, -0.1) is 0 Å². The summed E-state index contributed by atoms with van der Waals surface area (Å²) in [5.74, 6) is 0.625. The van der Waals surface area contributed by atoms with Crippen LogP contribution in [0.1, 0.15) is 5.56 Å².